The molecule has 172 valence electrons. The average molecular weight is 454 g/mol. The molecule has 3 rings (SSSR count). The first kappa shape index (κ1) is 23.5. The number of nitrogen functional groups attached to an aromatic ring is 1. The van der Waals surface area contributed by atoms with Gasteiger partial charge in [-0.05, 0) is 36.2 Å². The third-order valence-corrected chi connectivity index (χ3v) is 5.11. The highest BCUT2D eigenvalue weighted by Gasteiger charge is 2.22. The lowest BCUT2D eigenvalue weighted by Gasteiger charge is -2.13. The number of hydrogen-bond donors (Lipinski definition) is 2. The summed E-state index contributed by atoms with van der Waals surface area (Å²) in [6.45, 7) is -0.250. The first-order valence-corrected chi connectivity index (χ1v) is 10.0. The second-order valence-corrected chi connectivity index (χ2v) is 7.31. The smallest absolute Gasteiger partial charge is 0.340 e. The summed E-state index contributed by atoms with van der Waals surface area (Å²) in [6, 6.07) is 12.7. The van der Waals surface area contributed by atoms with E-state index in [0.29, 0.717) is 18.7 Å². The van der Waals surface area contributed by atoms with Crippen LogP contribution in [0.5, 0.6) is 0 Å². The highest BCUT2D eigenvalue weighted by Crippen LogP contribution is 2.17. The van der Waals surface area contributed by atoms with Crippen molar-refractivity contribution >= 4 is 23.3 Å². The maximum atomic E-state index is 13.0. The van der Waals surface area contributed by atoms with Crippen molar-refractivity contribution in [3.63, 3.8) is 0 Å². The van der Waals surface area contributed by atoms with Crippen LogP contribution in [0.25, 0.3) is 0 Å². The molecule has 2 aromatic carbocycles. The van der Waals surface area contributed by atoms with Gasteiger partial charge in [0.25, 0.3) is 5.56 Å². The highest BCUT2D eigenvalue weighted by molar-refractivity contribution is 6.03. The van der Waals surface area contributed by atoms with Crippen LogP contribution in [0.1, 0.15) is 26.3 Å². The van der Waals surface area contributed by atoms with Gasteiger partial charge in [-0.15, -0.1) is 0 Å². The lowest BCUT2D eigenvalue weighted by Crippen LogP contribution is -2.42. The Morgan fingerprint density at radius 1 is 1.03 bits per heavy atom. The molecule has 0 atom stereocenters. The van der Waals surface area contributed by atoms with Gasteiger partial charge in [-0.3, -0.25) is 18.7 Å². The molecule has 0 amide bonds. The van der Waals surface area contributed by atoms with Crippen molar-refractivity contribution in [2.45, 2.75) is 6.42 Å². The molecule has 0 saturated heterocycles. The monoisotopic (exact) mass is 454 g/mol. The number of nitrogens with zero attached hydrogens (tertiary/aromatic N) is 2. The van der Waals surface area contributed by atoms with Crippen LogP contribution in [0.3, 0.4) is 0 Å². The number of ketones is 1. The van der Waals surface area contributed by atoms with Gasteiger partial charge in [-0.25, -0.2) is 14.0 Å². The molecule has 0 bridgehead atoms. The Morgan fingerprint density at radius 3 is 2.39 bits per heavy atom. The molecule has 0 aliphatic carbocycles. The maximum Gasteiger partial charge on any atom is 0.340 e. The molecule has 0 fully saturated rings. The van der Waals surface area contributed by atoms with Crippen LogP contribution in [0.15, 0.2) is 58.1 Å². The van der Waals surface area contributed by atoms with Gasteiger partial charge in [-0.2, -0.15) is 0 Å². The van der Waals surface area contributed by atoms with E-state index in [-0.39, 0.29) is 17.2 Å². The van der Waals surface area contributed by atoms with Gasteiger partial charge in [0.2, 0.25) is 5.78 Å². The first-order valence-electron chi connectivity index (χ1n) is 10.0. The summed E-state index contributed by atoms with van der Waals surface area (Å²) in [6.07, 6.45) is 0.595. The highest BCUT2D eigenvalue weighted by atomic mass is 19.1. The molecule has 3 aromatic rings. The second kappa shape index (κ2) is 9.94. The minimum Gasteiger partial charge on any atom is -0.454 e. The van der Waals surface area contributed by atoms with Crippen molar-refractivity contribution in [1.29, 1.82) is 0 Å². The molecule has 0 unspecified atom stereocenters. The van der Waals surface area contributed by atoms with Crippen LogP contribution in [0, 0.1) is 5.82 Å². The number of rotatable bonds is 8. The summed E-state index contributed by atoms with van der Waals surface area (Å²) in [5.41, 5.74) is 5.43. The van der Waals surface area contributed by atoms with E-state index in [1.807, 2.05) is 0 Å². The number of esters is 1. The predicted octanol–water partition coefficient (Wildman–Crippen LogP) is 1.50. The number of ether oxygens (including phenoxy) is 1. The number of carbonyl (C=O) groups is 2. The average Bonchev–Trinajstić information content (AvgIpc) is 2.81. The summed E-state index contributed by atoms with van der Waals surface area (Å²) in [4.78, 5) is 49.3. The van der Waals surface area contributed by atoms with E-state index in [1.165, 1.54) is 32.3 Å². The normalized spacial score (nSPS) is 10.6. The van der Waals surface area contributed by atoms with Crippen molar-refractivity contribution in [3.05, 3.63) is 91.9 Å². The summed E-state index contributed by atoms with van der Waals surface area (Å²) in [5.74, 6) is -2.20. The molecule has 1 heterocycles. The van der Waals surface area contributed by atoms with Crippen molar-refractivity contribution < 1.29 is 18.7 Å². The van der Waals surface area contributed by atoms with E-state index in [2.05, 4.69) is 5.32 Å². The van der Waals surface area contributed by atoms with E-state index < -0.39 is 35.2 Å². The van der Waals surface area contributed by atoms with Crippen LogP contribution in [-0.2, 0) is 25.3 Å². The number of nitrogens with one attached hydrogen (secondary N) is 1. The SMILES string of the molecule is Cn1c(N)c(C(=O)COC(=O)c2ccccc2NCCc2ccc(F)cc2)c(=O)n(C)c1=O. The topological polar surface area (TPSA) is 125 Å². The quantitative estimate of drug-likeness (QED) is 0.390. The van der Waals surface area contributed by atoms with E-state index in [9.17, 15) is 23.6 Å². The number of anilines is 2. The fourth-order valence-electron chi connectivity index (χ4n) is 3.21. The fourth-order valence-corrected chi connectivity index (χ4v) is 3.21. The number of halogens is 1. The Labute approximate surface area is 188 Å². The molecule has 0 spiro atoms. The number of benzene rings is 2. The number of aromatic nitrogens is 2. The van der Waals surface area contributed by atoms with Gasteiger partial charge in [0.15, 0.2) is 6.61 Å². The zero-order chi connectivity index (χ0) is 24.1. The van der Waals surface area contributed by atoms with Crippen LogP contribution in [0.4, 0.5) is 15.9 Å². The van der Waals surface area contributed by atoms with Crippen molar-refractivity contribution in [3.8, 4) is 0 Å². The minimum absolute atomic E-state index is 0.200. The summed E-state index contributed by atoms with van der Waals surface area (Å²) in [5, 5.41) is 3.13. The van der Waals surface area contributed by atoms with E-state index >= 15 is 0 Å². The molecule has 0 radical (unpaired) electrons. The Kier molecular flexibility index (Phi) is 7.07. The maximum absolute atomic E-state index is 13.0. The van der Waals surface area contributed by atoms with Crippen LogP contribution in [0.2, 0.25) is 0 Å². The largest absolute Gasteiger partial charge is 0.454 e. The van der Waals surface area contributed by atoms with Crippen LogP contribution >= 0.6 is 0 Å². The third-order valence-electron chi connectivity index (χ3n) is 5.11. The molecular weight excluding hydrogens is 431 g/mol. The zero-order valence-electron chi connectivity index (χ0n) is 18.1. The van der Waals surface area contributed by atoms with Gasteiger partial charge in [-0.1, -0.05) is 24.3 Å². The van der Waals surface area contributed by atoms with Crippen molar-refractivity contribution in [2.24, 2.45) is 14.1 Å². The molecule has 3 N–H and O–H groups in total. The molecule has 1 aromatic heterocycles. The lowest BCUT2D eigenvalue weighted by atomic mass is 10.1. The van der Waals surface area contributed by atoms with Gasteiger partial charge < -0.3 is 15.8 Å². The molecular formula is C23H23FN4O5. The fraction of sp³-hybridized carbons (Fsp3) is 0.217. The van der Waals surface area contributed by atoms with Gasteiger partial charge >= 0.3 is 11.7 Å². The molecule has 33 heavy (non-hydrogen) atoms. The molecule has 9 nitrogen and oxygen atoms in total. The van der Waals surface area contributed by atoms with Crippen LogP contribution in [-0.4, -0.2) is 34.0 Å². The predicted molar refractivity (Wildman–Crippen MR) is 121 cm³/mol. The Hall–Kier alpha value is -4.21. The summed E-state index contributed by atoms with van der Waals surface area (Å²) in [7, 11) is 2.55. The van der Waals surface area contributed by atoms with Crippen LogP contribution < -0.4 is 22.3 Å². The van der Waals surface area contributed by atoms with E-state index in [4.69, 9.17) is 10.5 Å². The number of Topliss-reactive ketones (excluding diaryl/α,β-unsaturated/α-hetero) is 1. The molecule has 0 aliphatic heterocycles. The molecule has 0 aliphatic rings. The second-order valence-electron chi connectivity index (χ2n) is 7.31. The van der Waals surface area contributed by atoms with Crippen molar-refractivity contribution in [1.82, 2.24) is 9.13 Å². The van der Waals surface area contributed by atoms with E-state index in [0.717, 1.165) is 14.7 Å². The van der Waals surface area contributed by atoms with Gasteiger partial charge in [0.05, 0.1) is 5.56 Å². The van der Waals surface area contributed by atoms with Crippen molar-refractivity contribution in [2.75, 3.05) is 24.2 Å². The first-order chi connectivity index (χ1) is 15.7. The Morgan fingerprint density at radius 2 is 1.70 bits per heavy atom. The third kappa shape index (κ3) is 5.17. The minimum atomic E-state index is -0.862. The Balaban J connectivity index is 1.68. The summed E-state index contributed by atoms with van der Waals surface area (Å²) < 4.78 is 19.9. The molecule has 0 saturated carbocycles. The van der Waals surface area contributed by atoms with Gasteiger partial charge in [0, 0.05) is 26.3 Å². The van der Waals surface area contributed by atoms with Gasteiger partial charge in [0.1, 0.15) is 17.2 Å². The molecule has 10 heteroatoms. The zero-order valence-corrected chi connectivity index (χ0v) is 18.1. The lowest BCUT2D eigenvalue weighted by molar-refractivity contribution is 0.0475. The summed E-state index contributed by atoms with van der Waals surface area (Å²) >= 11 is 0. The van der Waals surface area contributed by atoms with E-state index in [1.54, 1.807) is 30.3 Å². The number of para-hydroxylation sites is 1. The number of hydrogen-bond acceptors (Lipinski definition) is 7. The number of carbonyl (C=O) groups excluding carboxylic acids is 2. The Bertz CT molecular complexity index is 1310. The standard InChI is InChI=1S/C23H23FN4O5/c1-27-20(25)19(21(30)28(2)23(27)32)18(29)13-33-22(31)16-5-3-4-6-17(16)26-12-11-14-7-9-15(24)10-8-14/h3-10,26H,11-13,25H2,1-2H3. The number of nitrogens with two attached hydrogens (primary N) is 1.